The summed E-state index contributed by atoms with van der Waals surface area (Å²) in [4.78, 5) is 0. The Labute approximate surface area is 126 Å². The highest BCUT2D eigenvalue weighted by Crippen LogP contribution is 2.30. The van der Waals surface area contributed by atoms with Gasteiger partial charge in [-0.3, -0.25) is 0 Å². The maximum Gasteiger partial charge on any atom is 0.156 e. The van der Waals surface area contributed by atoms with E-state index in [9.17, 15) is 4.39 Å². The molecule has 0 aliphatic heterocycles. The Morgan fingerprint density at radius 2 is 2.20 bits per heavy atom. The van der Waals surface area contributed by atoms with Crippen molar-refractivity contribution in [3.8, 4) is 11.3 Å². The van der Waals surface area contributed by atoms with Crippen molar-refractivity contribution < 1.29 is 4.39 Å². The third-order valence-electron chi connectivity index (χ3n) is 3.23. The zero-order valence-corrected chi connectivity index (χ0v) is 13.4. The van der Waals surface area contributed by atoms with E-state index in [4.69, 9.17) is 0 Å². The van der Waals surface area contributed by atoms with Crippen molar-refractivity contribution in [1.82, 2.24) is 20.3 Å². The van der Waals surface area contributed by atoms with E-state index in [1.54, 1.807) is 11.7 Å². The smallest absolute Gasteiger partial charge is 0.156 e. The largest absolute Gasteiger partial charge is 0.310 e. The van der Waals surface area contributed by atoms with E-state index in [0.717, 1.165) is 18.5 Å². The molecule has 1 heterocycles. The van der Waals surface area contributed by atoms with Crippen LogP contribution in [-0.2, 0) is 7.05 Å². The molecule has 1 atom stereocenters. The molecule has 2 rings (SSSR count). The fraction of sp³-hybridized carbons (Fsp3) is 0.429. The van der Waals surface area contributed by atoms with Gasteiger partial charge in [0, 0.05) is 18.7 Å². The van der Waals surface area contributed by atoms with Gasteiger partial charge in [-0.2, -0.15) is 0 Å². The molecule has 1 aromatic heterocycles. The number of benzene rings is 1. The van der Waals surface area contributed by atoms with Gasteiger partial charge in [0.1, 0.15) is 11.5 Å². The minimum atomic E-state index is -0.275. The summed E-state index contributed by atoms with van der Waals surface area (Å²) in [6, 6.07) is 5.33. The molecule has 0 aliphatic rings. The third kappa shape index (κ3) is 3.07. The van der Waals surface area contributed by atoms with Crippen LogP contribution in [0.5, 0.6) is 0 Å². The summed E-state index contributed by atoms with van der Waals surface area (Å²) in [6.45, 7) is 5.13. The Morgan fingerprint density at radius 3 is 2.80 bits per heavy atom. The fourth-order valence-corrected chi connectivity index (χ4v) is 2.63. The van der Waals surface area contributed by atoms with Crippen LogP contribution in [0.2, 0.25) is 0 Å². The highest BCUT2D eigenvalue weighted by molar-refractivity contribution is 9.10. The molecule has 0 saturated heterocycles. The van der Waals surface area contributed by atoms with E-state index in [2.05, 4.69) is 45.4 Å². The number of rotatable bonds is 5. The van der Waals surface area contributed by atoms with Gasteiger partial charge in [0.2, 0.25) is 0 Å². The van der Waals surface area contributed by atoms with Gasteiger partial charge in [-0.25, -0.2) is 9.07 Å². The standard InChI is InChI=1S/C14H18BrFN4/c1-4-7-17-9(2)10-5-6-12(16)11(8-10)13-14(15)18-19-20(13)3/h5-6,8-9,17H,4,7H2,1-3H3. The van der Waals surface area contributed by atoms with Crippen LogP contribution < -0.4 is 5.32 Å². The lowest BCUT2D eigenvalue weighted by Crippen LogP contribution is -2.19. The van der Waals surface area contributed by atoms with Gasteiger partial charge in [-0.05, 0) is 53.5 Å². The molecule has 0 bridgehead atoms. The zero-order chi connectivity index (χ0) is 14.7. The fourth-order valence-electron chi connectivity index (χ4n) is 2.09. The van der Waals surface area contributed by atoms with Gasteiger partial charge in [-0.1, -0.05) is 18.2 Å². The first kappa shape index (κ1) is 15.1. The second kappa shape index (κ2) is 6.45. The average Bonchev–Trinajstić information content (AvgIpc) is 2.76. The molecule has 1 unspecified atom stereocenters. The first-order valence-corrected chi connectivity index (χ1v) is 7.42. The SMILES string of the molecule is CCCNC(C)c1ccc(F)c(-c2c(Br)nnn2C)c1. The summed E-state index contributed by atoms with van der Waals surface area (Å²) >= 11 is 3.31. The number of aryl methyl sites for hydroxylation is 1. The summed E-state index contributed by atoms with van der Waals surface area (Å²) in [6.07, 6.45) is 1.07. The molecule has 2 aromatic rings. The molecular weight excluding hydrogens is 323 g/mol. The minimum Gasteiger partial charge on any atom is -0.310 e. The van der Waals surface area contributed by atoms with E-state index < -0.39 is 0 Å². The van der Waals surface area contributed by atoms with Crippen molar-refractivity contribution in [2.24, 2.45) is 7.05 Å². The average molecular weight is 341 g/mol. The summed E-state index contributed by atoms with van der Waals surface area (Å²) in [5, 5.41) is 11.2. The van der Waals surface area contributed by atoms with Gasteiger partial charge >= 0.3 is 0 Å². The summed E-state index contributed by atoms with van der Waals surface area (Å²) in [5.74, 6) is -0.275. The lowest BCUT2D eigenvalue weighted by atomic mass is 10.0. The molecule has 108 valence electrons. The number of aromatic nitrogens is 3. The Kier molecular flexibility index (Phi) is 4.88. The van der Waals surface area contributed by atoms with E-state index in [0.29, 0.717) is 15.9 Å². The molecule has 0 aliphatic carbocycles. The normalized spacial score (nSPS) is 12.7. The van der Waals surface area contributed by atoms with Crippen molar-refractivity contribution in [3.05, 3.63) is 34.2 Å². The first-order chi connectivity index (χ1) is 9.54. The summed E-state index contributed by atoms with van der Waals surface area (Å²) in [7, 11) is 1.75. The van der Waals surface area contributed by atoms with Crippen LogP contribution in [0.1, 0.15) is 31.9 Å². The first-order valence-electron chi connectivity index (χ1n) is 6.63. The van der Waals surface area contributed by atoms with Gasteiger partial charge in [0.15, 0.2) is 4.60 Å². The van der Waals surface area contributed by atoms with Crippen molar-refractivity contribution >= 4 is 15.9 Å². The Hall–Kier alpha value is -1.27. The minimum absolute atomic E-state index is 0.175. The van der Waals surface area contributed by atoms with E-state index >= 15 is 0 Å². The maximum absolute atomic E-state index is 14.1. The van der Waals surface area contributed by atoms with Crippen LogP contribution in [0, 0.1) is 5.82 Å². The molecule has 1 N–H and O–H groups in total. The lowest BCUT2D eigenvalue weighted by Gasteiger charge is -2.15. The van der Waals surface area contributed by atoms with Crippen LogP contribution in [0.3, 0.4) is 0 Å². The number of nitrogens with one attached hydrogen (secondary N) is 1. The monoisotopic (exact) mass is 340 g/mol. The van der Waals surface area contributed by atoms with Gasteiger partial charge < -0.3 is 5.32 Å². The second-order valence-electron chi connectivity index (χ2n) is 4.77. The Morgan fingerprint density at radius 1 is 1.45 bits per heavy atom. The van der Waals surface area contributed by atoms with Crippen LogP contribution in [0.4, 0.5) is 4.39 Å². The maximum atomic E-state index is 14.1. The van der Waals surface area contributed by atoms with Crippen molar-refractivity contribution in [3.63, 3.8) is 0 Å². The zero-order valence-electron chi connectivity index (χ0n) is 11.8. The molecule has 4 nitrogen and oxygen atoms in total. The highest BCUT2D eigenvalue weighted by atomic mass is 79.9. The summed E-state index contributed by atoms with van der Waals surface area (Å²) in [5.41, 5.74) is 2.20. The molecule has 0 amide bonds. The molecule has 0 saturated carbocycles. The highest BCUT2D eigenvalue weighted by Gasteiger charge is 2.16. The number of hydrogen-bond acceptors (Lipinski definition) is 3. The topological polar surface area (TPSA) is 42.7 Å². The molecule has 20 heavy (non-hydrogen) atoms. The van der Waals surface area contributed by atoms with Gasteiger partial charge in [0.25, 0.3) is 0 Å². The quantitative estimate of drug-likeness (QED) is 0.906. The van der Waals surface area contributed by atoms with E-state index in [-0.39, 0.29) is 11.9 Å². The molecule has 1 aromatic carbocycles. The molecular formula is C14H18BrFN4. The lowest BCUT2D eigenvalue weighted by molar-refractivity contribution is 0.568. The van der Waals surface area contributed by atoms with Crippen LogP contribution >= 0.6 is 15.9 Å². The third-order valence-corrected chi connectivity index (χ3v) is 3.77. The summed E-state index contributed by atoms with van der Waals surface area (Å²) < 4.78 is 16.2. The molecule has 0 radical (unpaired) electrons. The van der Waals surface area contributed by atoms with Crippen molar-refractivity contribution in [1.29, 1.82) is 0 Å². The van der Waals surface area contributed by atoms with Crippen molar-refractivity contribution in [2.75, 3.05) is 6.54 Å². The van der Waals surface area contributed by atoms with Gasteiger partial charge in [0.05, 0.1) is 0 Å². The van der Waals surface area contributed by atoms with Gasteiger partial charge in [-0.15, -0.1) is 5.10 Å². The number of halogens is 2. The predicted molar refractivity (Wildman–Crippen MR) is 80.8 cm³/mol. The van der Waals surface area contributed by atoms with Crippen LogP contribution in [0.25, 0.3) is 11.3 Å². The van der Waals surface area contributed by atoms with Crippen LogP contribution in [0.15, 0.2) is 22.8 Å². The number of nitrogens with zero attached hydrogens (tertiary/aromatic N) is 3. The predicted octanol–water partition coefficient (Wildman–Crippen LogP) is 3.44. The number of hydrogen-bond donors (Lipinski definition) is 1. The Bertz CT molecular complexity index is 577. The molecule has 0 fully saturated rings. The Balaban J connectivity index is 2.39. The molecule has 0 spiro atoms. The second-order valence-corrected chi connectivity index (χ2v) is 5.52. The van der Waals surface area contributed by atoms with Crippen LogP contribution in [-0.4, -0.2) is 21.5 Å². The molecule has 6 heteroatoms. The van der Waals surface area contributed by atoms with Crippen molar-refractivity contribution in [2.45, 2.75) is 26.3 Å². The van der Waals surface area contributed by atoms with E-state index in [1.165, 1.54) is 6.07 Å². The van der Waals surface area contributed by atoms with E-state index in [1.807, 2.05) is 12.1 Å².